The molecule has 1 aliphatic heterocycles. The number of benzene rings is 4. The topological polar surface area (TPSA) is 85.7 Å². The SMILES string of the molecule is C[C@@H]1OC(CO[Si](c2ccccc2)(c2ccccc2)C(C)(C)C)[C@@H](OCc2ccccc2)[C@H](OCc2ccccc2)C1N=[N+]=[N-]. The molecule has 8 heteroatoms. The van der Waals surface area contributed by atoms with E-state index in [1.807, 2.05) is 79.7 Å². The molecule has 0 bridgehead atoms. The van der Waals surface area contributed by atoms with Crippen LogP contribution in [0.4, 0.5) is 0 Å². The van der Waals surface area contributed by atoms with E-state index in [2.05, 4.69) is 79.3 Å². The fourth-order valence-electron chi connectivity index (χ4n) is 6.36. The highest BCUT2D eigenvalue weighted by Gasteiger charge is 2.52. The van der Waals surface area contributed by atoms with Gasteiger partial charge in [-0.1, -0.05) is 147 Å². The average molecular weight is 622 g/mol. The Morgan fingerprint density at radius 1 is 0.711 bits per heavy atom. The second-order valence-corrected chi connectivity index (χ2v) is 16.9. The highest BCUT2D eigenvalue weighted by atomic mass is 28.4. The summed E-state index contributed by atoms with van der Waals surface area (Å²) in [7, 11) is -2.86. The molecule has 45 heavy (non-hydrogen) atoms. The second-order valence-electron chi connectivity index (χ2n) is 12.6. The van der Waals surface area contributed by atoms with E-state index in [-0.39, 0.29) is 11.6 Å². The van der Waals surface area contributed by atoms with Crippen LogP contribution in [0.3, 0.4) is 0 Å². The fraction of sp³-hybridized carbons (Fsp3) is 0.351. The van der Waals surface area contributed by atoms with E-state index in [9.17, 15) is 5.53 Å². The lowest BCUT2D eigenvalue weighted by molar-refractivity contribution is -0.218. The van der Waals surface area contributed by atoms with Gasteiger partial charge in [-0.05, 0) is 39.0 Å². The molecule has 0 aliphatic carbocycles. The van der Waals surface area contributed by atoms with E-state index in [0.717, 1.165) is 11.1 Å². The monoisotopic (exact) mass is 621 g/mol. The Kier molecular flexibility index (Phi) is 10.9. The zero-order chi connectivity index (χ0) is 31.7. The van der Waals surface area contributed by atoms with E-state index >= 15 is 0 Å². The largest absolute Gasteiger partial charge is 0.405 e. The molecule has 0 spiro atoms. The van der Waals surface area contributed by atoms with Gasteiger partial charge in [-0.3, -0.25) is 0 Å². The van der Waals surface area contributed by atoms with Crippen molar-refractivity contribution in [3.8, 4) is 0 Å². The molecule has 0 N–H and O–H groups in total. The van der Waals surface area contributed by atoms with Crippen LogP contribution in [0.1, 0.15) is 38.8 Å². The van der Waals surface area contributed by atoms with Crippen LogP contribution in [0.25, 0.3) is 10.4 Å². The Bertz CT molecular complexity index is 1470. The van der Waals surface area contributed by atoms with E-state index in [1.165, 1.54) is 10.4 Å². The summed E-state index contributed by atoms with van der Waals surface area (Å²) in [5, 5.41) is 6.34. The van der Waals surface area contributed by atoms with Gasteiger partial charge >= 0.3 is 0 Å². The van der Waals surface area contributed by atoms with Crippen molar-refractivity contribution >= 4 is 18.7 Å². The van der Waals surface area contributed by atoms with Gasteiger partial charge in [0.15, 0.2) is 0 Å². The first kappa shape index (κ1) is 32.6. The molecule has 5 atom stereocenters. The molecule has 5 rings (SSSR count). The summed E-state index contributed by atoms with van der Waals surface area (Å²) in [5.74, 6) is 0. The van der Waals surface area contributed by atoms with Gasteiger partial charge in [-0.2, -0.15) is 0 Å². The highest BCUT2D eigenvalue weighted by Crippen LogP contribution is 2.38. The van der Waals surface area contributed by atoms with Crippen LogP contribution < -0.4 is 10.4 Å². The van der Waals surface area contributed by atoms with Crippen molar-refractivity contribution in [2.24, 2.45) is 5.11 Å². The molecule has 2 unspecified atom stereocenters. The van der Waals surface area contributed by atoms with Gasteiger partial charge < -0.3 is 18.6 Å². The normalized spacial score (nSPS) is 22.0. The molecule has 0 radical (unpaired) electrons. The molecule has 0 aromatic heterocycles. The third-order valence-corrected chi connectivity index (χ3v) is 13.5. The highest BCUT2D eigenvalue weighted by molar-refractivity contribution is 6.99. The first-order valence-corrected chi connectivity index (χ1v) is 17.5. The van der Waals surface area contributed by atoms with E-state index < -0.39 is 38.8 Å². The van der Waals surface area contributed by atoms with Crippen molar-refractivity contribution < 1.29 is 18.6 Å². The van der Waals surface area contributed by atoms with Crippen LogP contribution in [0.2, 0.25) is 5.04 Å². The molecule has 7 nitrogen and oxygen atoms in total. The van der Waals surface area contributed by atoms with E-state index in [0.29, 0.717) is 13.2 Å². The van der Waals surface area contributed by atoms with Gasteiger partial charge in [-0.15, -0.1) is 0 Å². The minimum atomic E-state index is -2.86. The Balaban J connectivity index is 1.52. The molecular weight excluding hydrogens is 579 g/mol. The zero-order valence-electron chi connectivity index (χ0n) is 26.5. The number of nitrogens with zero attached hydrogens (tertiary/aromatic N) is 3. The average Bonchev–Trinajstić information content (AvgIpc) is 3.06. The molecule has 1 heterocycles. The molecule has 1 aliphatic rings. The fourth-order valence-corrected chi connectivity index (χ4v) is 10.9. The lowest BCUT2D eigenvalue weighted by Gasteiger charge is -2.47. The lowest BCUT2D eigenvalue weighted by atomic mass is 9.93. The predicted molar refractivity (Wildman–Crippen MR) is 181 cm³/mol. The van der Waals surface area contributed by atoms with Crippen LogP contribution in [0.15, 0.2) is 126 Å². The van der Waals surface area contributed by atoms with Gasteiger partial charge in [0.25, 0.3) is 8.32 Å². The first-order valence-electron chi connectivity index (χ1n) is 15.6. The Hall–Kier alpha value is -3.75. The molecule has 1 saturated heterocycles. The quantitative estimate of drug-likeness (QED) is 0.0725. The van der Waals surface area contributed by atoms with Gasteiger partial charge in [0, 0.05) is 4.91 Å². The number of ether oxygens (including phenoxy) is 3. The molecular formula is C37H43N3O4Si. The lowest BCUT2D eigenvalue weighted by Crippen LogP contribution is -2.68. The molecule has 4 aromatic carbocycles. The summed E-state index contributed by atoms with van der Waals surface area (Å²) in [6, 6.07) is 40.6. The van der Waals surface area contributed by atoms with Gasteiger partial charge in [0.05, 0.1) is 38.1 Å². The maximum Gasteiger partial charge on any atom is 0.261 e. The third-order valence-electron chi connectivity index (χ3n) is 8.53. The second kappa shape index (κ2) is 15.0. The smallest absolute Gasteiger partial charge is 0.261 e. The number of azide groups is 1. The van der Waals surface area contributed by atoms with E-state index in [1.54, 1.807) is 0 Å². The molecule has 234 valence electrons. The van der Waals surface area contributed by atoms with Crippen molar-refractivity contribution in [3.05, 3.63) is 143 Å². The predicted octanol–water partition coefficient (Wildman–Crippen LogP) is 7.20. The molecule has 0 amide bonds. The zero-order valence-corrected chi connectivity index (χ0v) is 27.5. The van der Waals surface area contributed by atoms with Crippen molar-refractivity contribution in [3.63, 3.8) is 0 Å². The van der Waals surface area contributed by atoms with Gasteiger partial charge in [-0.25, -0.2) is 0 Å². The maximum absolute atomic E-state index is 9.54. The summed E-state index contributed by atoms with van der Waals surface area (Å²) >= 11 is 0. The van der Waals surface area contributed by atoms with Crippen LogP contribution in [0, 0.1) is 0 Å². The number of hydrogen-bond acceptors (Lipinski definition) is 5. The van der Waals surface area contributed by atoms with E-state index in [4.69, 9.17) is 18.6 Å². The van der Waals surface area contributed by atoms with Crippen molar-refractivity contribution in [1.29, 1.82) is 0 Å². The van der Waals surface area contributed by atoms with Gasteiger partial charge in [0.1, 0.15) is 12.2 Å². The maximum atomic E-state index is 9.54. The standard InChI is InChI=1S/C37H43N3O4Si/c1-28-34(39-40-38)36(42-26-30-19-11-6-12-20-30)35(41-25-29-17-9-5-10-18-29)33(44-28)27-43-45(37(2,3)4,31-21-13-7-14-22-31)32-23-15-8-16-24-32/h5-24,28,33-36H,25-27H2,1-4H3/t28-,33?,34?,35+,36+/m0/s1. The summed E-state index contributed by atoms with van der Waals surface area (Å²) < 4.78 is 27.2. The Morgan fingerprint density at radius 3 is 1.60 bits per heavy atom. The van der Waals surface area contributed by atoms with Crippen LogP contribution in [-0.2, 0) is 31.9 Å². The van der Waals surface area contributed by atoms with Crippen LogP contribution >= 0.6 is 0 Å². The number of hydrogen-bond donors (Lipinski definition) is 0. The molecule has 4 aromatic rings. The molecule has 0 saturated carbocycles. The summed E-state index contributed by atoms with van der Waals surface area (Å²) in [5.41, 5.74) is 11.6. The number of rotatable bonds is 12. The van der Waals surface area contributed by atoms with Gasteiger partial charge in [0.2, 0.25) is 0 Å². The Morgan fingerprint density at radius 2 is 1.16 bits per heavy atom. The van der Waals surface area contributed by atoms with Crippen LogP contribution in [0.5, 0.6) is 0 Å². The Labute approximate surface area is 267 Å². The minimum Gasteiger partial charge on any atom is -0.405 e. The van der Waals surface area contributed by atoms with Crippen LogP contribution in [-0.4, -0.2) is 45.4 Å². The summed E-state index contributed by atoms with van der Waals surface area (Å²) in [4.78, 5) is 3.17. The first-order chi connectivity index (χ1) is 21.8. The third kappa shape index (κ3) is 7.56. The summed E-state index contributed by atoms with van der Waals surface area (Å²) in [6.45, 7) is 9.70. The molecule has 1 fully saturated rings. The minimum absolute atomic E-state index is 0.201. The summed E-state index contributed by atoms with van der Waals surface area (Å²) in [6.07, 6.45) is -2.00. The van der Waals surface area contributed by atoms with Crippen molar-refractivity contribution in [2.45, 2.75) is 76.4 Å². The van der Waals surface area contributed by atoms with Crippen molar-refractivity contribution in [1.82, 2.24) is 0 Å². The van der Waals surface area contributed by atoms with Crippen molar-refractivity contribution in [2.75, 3.05) is 6.61 Å².